The Labute approximate surface area is 90.9 Å². The fourth-order valence-electron chi connectivity index (χ4n) is 2.74. The molecule has 2 rings (SSSR count). The molecule has 2 fully saturated rings. The molecule has 14 heavy (non-hydrogen) atoms. The molecule has 2 aliphatic heterocycles. The molecule has 0 unspecified atom stereocenters. The summed E-state index contributed by atoms with van der Waals surface area (Å²) in [6.07, 6.45) is 5.51. The van der Waals surface area contributed by atoms with E-state index in [1.807, 2.05) is 0 Å². The molecule has 1 N–H and O–H groups in total. The average Bonchev–Trinajstić information content (AvgIpc) is 2.17. The Morgan fingerprint density at radius 2 is 1.86 bits per heavy atom. The van der Waals surface area contributed by atoms with E-state index < -0.39 is 5.97 Å². The zero-order valence-electron chi connectivity index (χ0n) is 8.32. The fourth-order valence-corrected chi connectivity index (χ4v) is 2.74. The minimum atomic E-state index is -0.586. The van der Waals surface area contributed by atoms with Gasteiger partial charge in [-0.05, 0) is 38.8 Å². The van der Waals surface area contributed by atoms with E-state index in [1.54, 1.807) is 0 Å². The van der Waals surface area contributed by atoms with Crippen molar-refractivity contribution in [3.63, 3.8) is 0 Å². The second-order valence-corrected chi connectivity index (χ2v) is 4.19. The van der Waals surface area contributed by atoms with Gasteiger partial charge in [0.05, 0.1) is 5.92 Å². The highest BCUT2D eigenvalue weighted by atomic mass is 35.5. The number of carboxylic acid groups (broad SMARTS) is 1. The number of carbonyl (C=O) groups is 1. The molecule has 0 bridgehead atoms. The van der Waals surface area contributed by atoms with Crippen molar-refractivity contribution in [1.29, 1.82) is 0 Å². The summed E-state index contributed by atoms with van der Waals surface area (Å²) in [5.41, 5.74) is 0. The third-order valence-corrected chi connectivity index (χ3v) is 3.41. The van der Waals surface area contributed by atoms with Gasteiger partial charge in [-0.15, -0.1) is 12.4 Å². The van der Waals surface area contributed by atoms with Gasteiger partial charge in [0.2, 0.25) is 0 Å². The maximum atomic E-state index is 11.0. The van der Waals surface area contributed by atoms with Crippen LogP contribution >= 0.6 is 12.4 Å². The summed E-state index contributed by atoms with van der Waals surface area (Å²) in [6, 6.07) is 0.347. The van der Waals surface area contributed by atoms with Gasteiger partial charge in [0.15, 0.2) is 0 Å². The van der Waals surface area contributed by atoms with Crippen molar-refractivity contribution >= 4 is 18.4 Å². The van der Waals surface area contributed by atoms with Crippen LogP contribution in [0.4, 0.5) is 0 Å². The number of halogens is 1. The van der Waals surface area contributed by atoms with Crippen molar-refractivity contribution < 1.29 is 9.90 Å². The van der Waals surface area contributed by atoms with Gasteiger partial charge >= 0.3 is 5.97 Å². The van der Waals surface area contributed by atoms with E-state index in [4.69, 9.17) is 5.11 Å². The lowest BCUT2D eigenvalue weighted by Crippen LogP contribution is -2.50. The van der Waals surface area contributed by atoms with Crippen LogP contribution in [-0.4, -0.2) is 35.1 Å². The molecule has 82 valence electrons. The highest BCUT2D eigenvalue weighted by molar-refractivity contribution is 5.85. The summed E-state index contributed by atoms with van der Waals surface area (Å²) < 4.78 is 0. The first kappa shape index (κ1) is 11.8. The van der Waals surface area contributed by atoms with Crippen LogP contribution in [0, 0.1) is 5.92 Å². The first-order valence-electron chi connectivity index (χ1n) is 5.26. The third kappa shape index (κ3) is 2.20. The monoisotopic (exact) mass is 219 g/mol. The smallest absolute Gasteiger partial charge is 0.308 e. The first-order valence-corrected chi connectivity index (χ1v) is 5.26. The Kier molecular flexibility index (Phi) is 4.20. The summed E-state index contributed by atoms with van der Waals surface area (Å²) in [5.74, 6) is -0.675. The molecule has 2 heterocycles. The van der Waals surface area contributed by atoms with Crippen LogP contribution < -0.4 is 0 Å². The van der Waals surface area contributed by atoms with Gasteiger partial charge in [-0.3, -0.25) is 9.69 Å². The molecule has 0 amide bonds. The van der Waals surface area contributed by atoms with Crippen molar-refractivity contribution in [3.8, 4) is 0 Å². The van der Waals surface area contributed by atoms with E-state index >= 15 is 0 Å². The summed E-state index contributed by atoms with van der Waals surface area (Å²) in [4.78, 5) is 13.4. The predicted octanol–water partition coefficient (Wildman–Crippen LogP) is 1.76. The van der Waals surface area contributed by atoms with Crippen LogP contribution in [0.15, 0.2) is 0 Å². The molecule has 3 nitrogen and oxygen atoms in total. The fraction of sp³-hybridized carbons (Fsp3) is 0.900. The zero-order valence-corrected chi connectivity index (χ0v) is 9.13. The lowest BCUT2D eigenvalue weighted by atomic mass is 9.84. The molecule has 0 aromatic heterocycles. The highest BCUT2D eigenvalue weighted by Crippen LogP contribution is 2.30. The Bertz CT molecular complexity index is 208. The van der Waals surface area contributed by atoms with Gasteiger partial charge in [0.1, 0.15) is 0 Å². The van der Waals surface area contributed by atoms with Gasteiger partial charge in [-0.1, -0.05) is 6.42 Å². The lowest BCUT2D eigenvalue weighted by molar-refractivity contribution is -0.146. The number of fused-ring (bicyclic) bond motifs is 1. The van der Waals surface area contributed by atoms with E-state index in [0.29, 0.717) is 6.04 Å². The number of hydrogen-bond acceptors (Lipinski definition) is 2. The SMILES string of the molecule is Cl.O=C(O)[C@@H]1CCCN2CCCC[C@H]12. The third-order valence-electron chi connectivity index (χ3n) is 3.41. The molecule has 2 aliphatic rings. The largest absolute Gasteiger partial charge is 0.481 e. The van der Waals surface area contributed by atoms with Gasteiger partial charge < -0.3 is 5.11 Å². The minimum Gasteiger partial charge on any atom is -0.481 e. The van der Waals surface area contributed by atoms with Crippen LogP contribution in [0.2, 0.25) is 0 Å². The summed E-state index contributed by atoms with van der Waals surface area (Å²) in [6.45, 7) is 2.24. The van der Waals surface area contributed by atoms with Gasteiger partial charge in [-0.2, -0.15) is 0 Å². The number of aliphatic carboxylic acids is 1. The molecule has 0 radical (unpaired) electrons. The van der Waals surface area contributed by atoms with Crippen LogP contribution in [0.3, 0.4) is 0 Å². The number of piperidine rings is 2. The maximum absolute atomic E-state index is 11.0. The van der Waals surface area contributed by atoms with E-state index in [2.05, 4.69) is 4.90 Å². The normalized spacial score (nSPS) is 32.9. The summed E-state index contributed by atoms with van der Waals surface area (Å²) in [5, 5.41) is 9.05. The standard InChI is InChI=1S/C10H17NO2.ClH/c12-10(13)8-4-3-7-11-6-2-1-5-9(8)11;/h8-9H,1-7H2,(H,12,13);1H/t8-,9-;/m1./s1. The summed E-state index contributed by atoms with van der Waals surface area (Å²) in [7, 11) is 0. The first-order chi connectivity index (χ1) is 6.29. The van der Waals surface area contributed by atoms with Gasteiger partial charge in [0.25, 0.3) is 0 Å². The predicted molar refractivity (Wildman–Crippen MR) is 56.8 cm³/mol. The van der Waals surface area contributed by atoms with Crippen LogP contribution in [-0.2, 0) is 4.79 Å². The Hall–Kier alpha value is -0.280. The molecular formula is C10H18ClNO2. The van der Waals surface area contributed by atoms with Gasteiger partial charge in [-0.25, -0.2) is 0 Å². The number of nitrogens with zero attached hydrogens (tertiary/aromatic N) is 1. The molecule has 0 aromatic rings. The van der Waals surface area contributed by atoms with Crippen LogP contribution in [0.1, 0.15) is 32.1 Å². The maximum Gasteiger partial charge on any atom is 0.308 e. The second-order valence-electron chi connectivity index (χ2n) is 4.19. The van der Waals surface area contributed by atoms with E-state index in [1.165, 1.54) is 12.8 Å². The molecule has 0 aromatic carbocycles. The van der Waals surface area contributed by atoms with Crippen LogP contribution in [0.5, 0.6) is 0 Å². The number of rotatable bonds is 1. The van der Waals surface area contributed by atoms with Crippen molar-refractivity contribution in [2.24, 2.45) is 5.92 Å². The Morgan fingerprint density at radius 3 is 2.57 bits per heavy atom. The van der Waals surface area contributed by atoms with Gasteiger partial charge in [0, 0.05) is 6.04 Å². The number of hydrogen-bond donors (Lipinski definition) is 1. The minimum absolute atomic E-state index is 0. The topological polar surface area (TPSA) is 40.5 Å². The van der Waals surface area contributed by atoms with Crippen molar-refractivity contribution in [3.05, 3.63) is 0 Å². The van der Waals surface area contributed by atoms with E-state index in [-0.39, 0.29) is 18.3 Å². The second kappa shape index (κ2) is 4.99. The number of carboxylic acids is 1. The molecular weight excluding hydrogens is 202 g/mol. The average molecular weight is 220 g/mol. The quantitative estimate of drug-likeness (QED) is 0.731. The summed E-state index contributed by atoms with van der Waals surface area (Å²) >= 11 is 0. The lowest BCUT2D eigenvalue weighted by Gasteiger charge is -2.42. The molecule has 2 atom stereocenters. The molecule has 4 heteroatoms. The highest BCUT2D eigenvalue weighted by Gasteiger charge is 2.36. The van der Waals surface area contributed by atoms with Crippen molar-refractivity contribution in [2.45, 2.75) is 38.1 Å². The molecule has 0 spiro atoms. The van der Waals surface area contributed by atoms with E-state index in [9.17, 15) is 4.79 Å². The van der Waals surface area contributed by atoms with Crippen LogP contribution in [0.25, 0.3) is 0 Å². The molecule has 0 aliphatic carbocycles. The molecule has 0 saturated carbocycles. The zero-order chi connectivity index (χ0) is 9.26. The Morgan fingerprint density at radius 1 is 1.14 bits per heavy atom. The Balaban J connectivity index is 0.000000980. The van der Waals surface area contributed by atoms with Crippen molar-refractivity contribution in [1.82, 2.24) is 4.90 Å². The van der Waals surface area contributed by atoms with E-state index in [0.717, 1.165) is 32.4 Å². The molecule has 2 saturated heterocycles. The van der Waals surface area contributed by atoms with Crippen molar-refractivity contribution in [2.75, 3.05) is 13.1 Å².